The van der Waals surface area contributed by atoms with E-state index in [1.165, 1.54) is 0 Å². The molecule has 3 aromatic rings. The zero-order valence-electron chi connectivity index (χ0n) is 18.6. The van der Waals surface area contributed by atoms with Crippen LogP contribution in [0.25, 0.3) is 10.2 Å². The topological polar surface area (TPSA) is 45.7 Å². The van der Waals surface area contributed by atoms with Gasteiger partial charge in [0.1, 0.15) is 5.75 Å². The summed E-state index contributed by atoms with van der Waals surface area (Å²) in [6.07, 6.45) is 0. The second kappa shape index (κ2) is 10.0. The Morgan fingerprint density at radius 1 is 1.03 bits per heavy atom. The molecule has 30 heavy (non-hydrogen) atoms. The van der Waals surface area contributed by atoms with Gasteiger partial charge in [0.25, 0.3) is 5.91 Å². The number of amides is 1. The average Bonchev–Trinajstić information content (AvgIpc) is 3.16. The number of hydrogen-bond donors (Lipinski definition) is 0. The van der Waals surface area contributed by atoms with Crippen LogP contribution in [0.4, 0.5) is 5.13 Å². The molecule has 160 valence electrons. The Labute approximate surface area is 183 Å². The number of ether oxygens (including phenoxy) is 1. The van der Waals surface area contributed by atoms with E-state index in [1.54, 1.807) is 11.3 Å². The van der Waals surface area contributed by atoms with Gasteiger partial charge in [-0.05, 0) is 63.7 Å². The summed E-state index contributed by atoms with van der Waals surface area (Å²) in [5.74, 6) is 0.836. The second-order valence-electron chi connectivity index (χ2n) is 7.36. The van der Waals surface area contributed by atoms with Crippen LogP contribution >= 0.6 is 11.3 Å². The highest BCUT2D eigenvalue weighted by Crippen LogP contribution is 2.32. The van der Waals surface area contributed by atoms with Gasteiger partial charge in [0, 0.05) is 18.7 Å². The summed E-state index contributed by atoms with van der Waals surface area (Å²) in [4.78, 5) is 22.6. The van der Waals surface area contributed by atoms with Crippen molar-refractivity contribution in [1.29, 1.82) is 0 Å². The minimum absolute atomic E-state index is 0.00689. The summed E-state index contributed by atoms with van der Waals surface area (Å²) in [7, 11) is 0. The lowest BCUT2D eigenvalue weighted by molar-refractivity contribution is 0.0983. The van der Waals surface area contributed by atoms with Gasteiger partial charge in [-0.3, -0.25) is 9.69 Å². The van der Waals surface area contributed by atoms with Gasteiger partial charge >= 0.3 is 0 Å². The molecule has 0 aliphatic heterocycles. The van der Waals surface area contributed by atoms with Gasteiger partial charge in [-0.25, -0.2) is 4.98 Å². The first-order chi connectivity index (χ1) is 14.5. The molecule has 1 amide bonds. The Morgan fingerprint density at radius 3 is 2.50 bits per heavy atom. The number of carbonyl (C=O) groups is 1. The van der Waals surface area contributed by atoms with Crippen LogP contribution in [0.5, 0.6) is 5.75 Å². The zero-order chi connectivity index (χ0) is 21.7. The molecule has 0 bridgehead atoms. The van der Waals surface area contributed by atoms with Crippen molar-refractivity contribution in [2.24, 2.45) is 0 Å². The van der Waals surface area contributed by atoms with E-state index >= 15 is 0 Å². The molecule has 6 heteroatoms. The van der Waals surface area contributed by atoms with E-state index in [0.717, 1.165) is 57.4 Å². The van der Waals surface area contributed by atoms with E-state index in [2.05, 4.69) is 18.7 Å². The first-order valence-corrected chi connectivity index (χ1v) is 11.4. The summed E-state index contributed by atoms with van der Waals surface area (Å²) in [6, 6.07) is 11.9. The molecule has 5 nitrogen and oxygen atoms in total. The fourth-order valence-corrected chi connectivity index (χ4v) is 4.46. The van der Waals surface area contributed by atoms with Crippen LogP contribution < -0.4 is 9.64 Å². The van der Waals surface area contributed by atoms with Crippen molar-refractivity contribution in [3.05, 3.63) is 53.1 Å². The minimum Gasteiger partial charge on any atom is -0.494 e. The molecule has 3 rings (SSSR count). The third kappa shape index (κ3) is 4.99. The molecule has 0 fully saturated rings. The number of carbonyl (C=O) groups excluding carboxylic acids is 1. The number of aromatic nitrogens is 1. The largest absolute Gasteiger partial charge is 0.494 e. The number of benzene rings is 2. The number of aryl methyl sites for hydroxylation is 2. The van der Waals surface area contributed by atoms with Gasteiger partial charge < -0.3 is 9.64 Å². The van der Waals surface area contributed by atoms with Crippen LogP contribution in [-0.4, -0.2) is 48.6 Å². The van der Waals surface area contributed by atoms with Crippen LogP contribution in [0.2, 0.25) is 0 Å². The average molecular weight is 426 g/mol. The lowest BCUT2D eigenvalue weighted by atomic mass is 10.0. The highest BCUT2D eigenvalue weighted by molar-refractivity contribution is 7.22. The highest BCUT2D eigenvalue weighted by atomic mass is 32.1. The first kappa shape index (κ1) is 22.2. The quantitative estimate of drug-likeness (QED) is 0.467. The normalized spacial score (nSPS) is 11.3. The van der Waals surface area contributed by atoms with E-state index < -0.39 is 0 Å². The summed E-state index contributed by atoms with van der Waals surface area (Å²) in [6.45, 7) is 14.2. The Morgan fingerprint density at radius 2 is 1.80 bits per heavy atom. The summed E-state index contributed by atoms with van der Waals surface area (Å²) in [5.41, 5.74) is 3.69. The summed E-state index contributed by atoms with van der Waals surface area (Å²) >= 11 is 1.54. The van der Waals surface area contributed by atoms with E-state index in [9.17, 15) is 4.79 Å². The molecule has 0 saturated carbocycles. The molecule has 0 N–H and O–H groups in total. The fraction of sp³-hybridized carbons (Fsp3) is 0.417. The SMILES string of the molecule is CCOc1ccc2nc(N(CCN(CC)CC)C(=O)c3cc(C)ccc3C)sc2c1. The van der Waals surface area contributed by atoms with Gasteiger partial charge in [-0.1, -0.05) is 42.9 Å². The van der Waals surface area contributed by atoms with Gasteiger partial charge in [0.15, 0.2) is 5.13 Å². The van der Waals surface area contributed by atoms with Gasteiger partial charge in [0.05, 0.1) is 16.8 Å². The second-order valence-corrected chi connectivity index (χ2v) is 8.37. The maximum Gasteiger partial charge on any atom is 0.260 e. The predicted molar refractivity (Wildman–Crippen MR) is 126 cm³/mol. The molecule has 0 aliphatic rings. The monoisotopic (exact) mass is 425 g/mol. The van der Waals surface area contributed by atoms with Crippen LogP contribution in [0.3, 0.4) is 0 Å². The molecule has 1 aromatic heterocycles. The van der Waals surface area contributed by atoms with E-state index in [4.69, 9.17) is 9.72 Å². The molecular formula is C24H31N3O2S. The van der Waals surface area contributed by atoms with Crippen molar-refractivity contribution >= 4 is 32.6 Å². The van der Waals surface area contributed by atoms with Crippen LogP contribution in [0.1, 0.15) is 42.3 Å². The third-order valence-corrected chi connectivity index (χ3v) is 6.33. The molecule has 0 unspecified atom stereocenters. The Hall–Kier alpha value is -2.44. The molecule has 2 aromatic carbocycles. The van der Waals surface area contributed by atoms with Crippen molar-refractivity contribution in [3.8, 4) is 5.75 Å². The van der Waals surface area contributed by atoms with E-state index in [-0.39, 0.29) is 5.91 Å². The molecule has 1 heterocycles. The Balaban J connectivity index is 1.99. The lowest BCUT2D eigenvalue weighted by Crippen LogP contribution is -2.39. The smallest absolute Gasteiger partial charge is 0.260 e. The Kier molecular flexibility index (Phi) is 7.45. The third-order valence-electron chi connectivity index (χ3n) is 5.29. The number of hydrogen-bond acceptors (Lipinski definition) is 5. The van der Waals surface area contributed by atoms with Gasteiger partial charge in [0.2, 0.25) is 0 Å². The number of thiazole rings is 1. The van der Waals surface area contributed by atoms with Crippen molar-refractivity contribution in [1.82, 2.24) is 9.88 Å². The van der Waals surface area contributed by atoms with Crippen LogP contribution in [0, 0.1) is 13.8 Å². The fourth-order valence-electron chi connectivity index (χ4n) is 3.44. The number of anilines is 1. The number of rotatable bonds is 9. The number of fused-ring (bicyclic) bond motifs is 1. The van der Waals surface area contributed by atoms with Gasteiger partial charge in [-0.2, -0.15) is 0 Å². The van der Waals surface area contributed by atoms with E-state index in [0.29, 0.717) is 13.2 Å². The zero-order valence-corrected chi connectivity index (χ0v) is 19.4. The van der Waals surface area contributed by atoms with Gasteiger partial charge in [-0.15, -0.1) is 0 Å². The maximum atomic E-state index is 13.6. The molecule has 0 saturated heterocycles. The minimum atomic E-state index is 0.00689. The summed E-state index contributed by atoms with van der Waals surface area (Å²) in [5, 5.41) is 0.733. The van der Waals surface area contributed by atoms with Crippen molar-refractivity contribution in [3.63, 3.8) is 0 Å². The molecular weight excluding hydrogens is 394 g/mol. The number of likely N-dealkylation sites (N-methyl/N-ethyl adjacent to an activating group) is 1. The van der Waals surface area contributed by atoms with Crippen LogP contribution in [0.15, 0.2) is 36.4 Å². The molecule has 0 aliphatic carbocycles. The number of nitrogens with zero attached hydrogens (tertiary/aromatic N) is 3. The molecule has 0 radical (unpaired) electrons. The van der Waals surface area contributed by atoms with Crippen molar-refractivity contribution in [2.75, 3.05) is 37.7 Å². The molecule has 0 spiro atoms. The van der Waals surface area contributed by atoms with E-state index in [1.807, 2.05) is 62.1 Å². The predicted octanol–water partition coefficient (Wildman–Crippen LogP) is 5.30. The first-order valence-electron chi connectivity index (χ1n) is 10.6. The highest BCUT2D eigenvalue weighted by Gasteiger charge is 2.23. The summed E-state index contributed by atoms with van der Waals surface area (Å²) < 4.78 is 6.65. The van der Waals surface area contributed by atoms with Crippen molar-refractivity contribution in [2.45, 2.75) is 34.6 Å². The standard InChI is InChI=1S/C24H31N3O2S/c1-6-26(7-2)13-14-27(23(28)20-15-17(4)9-10-18(20)5)24-25-21-12-11-19(29-8-3)16-22(21)30-24/h9-12,15-16H,6-8,13-14H2,1-5H3. The van der Waals surface area contributed by atoms with Crippen molar-refractivity contribution < 1.29 is 9.53 Å². The maximum absolute atomic E-state index is 13.6. The molecule has 0 atom stereocenters. The Bertz CT molecular complexity index is 1010. The lowest BCUT2D eigenvalue weighted by Gasteiger charge is -2.25. The van der Waals surface area contributed by atoms with Crippen LogP contribution in [-0.2, 0) is 0 Å².